The maximum Gasteiger partial charge on any atom is 0.243 e. The molecular formula is C11H15N3O3S2. The van der Waals surface area contributed by atoms with E-state index < -0.39 is 16.1 Å². The summed E-state index contributed by atoms with van der Waals surface area (Å²) in [6.45, 7) is 1.53. The van der Waals surface area contributed by atoms with Crippen molar-refractivity contribution < 1.29 is 13.5 Å². The van der Waals surface area contributed by atoms with Crippen molar-refractivity contribution in [1.29, 1.82) is 5.26 Å². The molecule has 1 aromatic rings. The second kappa shape index (κ2) is 6.86. The van der Waals surface area contributed by atoms with E-state index in [1.165, 1.54) is 30.1 Å². The largest absolute Gasteiger partial charge is 0.395 e. The SMILES string of the molecule is CSC(CO)C(C)NS(=O)(=O)c1cccnc1C#N. The molecule has 2 atom stereocenters. The lowest BCUT2D eigenvalue weighted by Crippen LogP contribution is -2.41. The molecule has 1 aromatic heterocycles. The highest BCUT2D eigenvalue weighted by molar-refractivity contribution is 7.99. The quantitative estimate of drug-likeness (QED) is 0.785. The number of rotatable bonds is 6. The minimum atomic E-state index is -3.83. The van der Waals surface area contributed by atoms with Gasteiger partial charge in [0.15, 0.2) is 5.69 Å². The Morgan fingerprint density at radius 1 is 1.63 bits per heavy atom. The first-order valence-electron chi connectivity index (χ1n) is 5.47. The van der Waals surface area contributed by atoms with Gasteiger partial charge in [-0.25, -0.2) is 18.1 Å². The Kier molecular flexibility index (Phi) is 5.75. The fourth-order valence-electron chi connectivity index (χ4n) is 1.51. The molecule has 0 aromatic carbocycles. The number of thioether (sulfide) groups is 1. The molecule has 6 nitrogen and oxygen atoms in total. The lowest BCUT2D eigenvalue weighted by molar-refractivity contribution is 0.282. The molecule has 2 unspecified atom stereocenters. The molecule has 8 heteroatoms. The van der Waals surface area contributed by atoms with Crippen molar-refractivity contribution in [2.45, 2.75) is 23.1 Å². The molecule has 0 aliphatic rings. The Balaban J connectivity index is 3.03. The van der Waals surface area contributed by atoms with Crippen LogP contribution in [0.4, 0.5) is 0 Å². The lowest BCUT2D eigenvalue weighted by atomic mass is 10.3. The first-order valence-corrected chi connectivity index (χ1v) is 8.24. The van der Waals surface area contributed by atoms with Gasteiger partial charge in [0.25, 0.3) is 0 Å². The second-order valence-corrected chi connectivity index (χ2v) is 6.59. The predicted molar refractivity (Wildman–Crippen MR) is 73.1 cm³/mol. The predicted octanol–water partition coefficient (Wildman–Crippen LogP) is 0.344. The number of aliphatic hydroxyl groups is 1. The minimum absolute atomic E-state index is 0.136. The van der Waals surface area contributed by atoms with Crippen molar-refractivity contribution in [2.75, 3.05) is 12.9 Å². The first-order chi connectivity index (χ1) is 8.96. The summed E-state index contributed by atoms with van der Waals surface area (Å²) in [5.41, 5.74) is -0.146. The van der Waals surface area contributed by atoms with Crippen LogP contribution in [0.3, 0.4) is 0 Å². The standard InChI is InChI=1S/C11H15N3O3S2/c1-8(10(7-15)18-2)14-19(16,17)11-4-3-5-13-9(11)6-12/h3-5,8,10,14-15H,7H2,1-2H3. The van der Waals surface area contributed by atoms with Gasteiger partial charge in [-0.3, -0.25) is 0 Å². The Morgan fingerprint density at radius 2 is 2.32 bits per heavy atom. The zero-order valence-corrected chi connectivity index (χ0v) is 12.2. The molecule has 1 heterocycles. The summed E-state index contributed by atoms with van der Waals surface area (Å²) in [6.07, 6.45) is 3.15. The van der Waals surface area contributed by atoms with Gasteiger partial charge in [-0.2, -0.15) is 17.0 Å². The van der Waals surface area contributed by atoms with E-state index in [1.807, 2.05) is 0 Å². The summed E-state index contributed by atoms with van der Waals surface area (Å²) in [4.78, 5) is 3.57. The zero-order chi connectivity index (χ0) is 14.5. The topological polar surface area (TPSA) is 103 Å². The van der Waals surface area contributed by atoms with Crippen LogP contribution in [-0.4, -0.2) is 42.7 Å². The van der Waals surface area contributed by atoms with Crippen LogP contribution in [0.15, 0.2) is 23.2 Å². The van der Waals surface area contributed by atoms with Crippen molar-refractivity contribution in [3.8, 4) is 6.07 Å². The van der Waals surface area contributed by atoms with E-state index in [0.717, 1.165) is 0 Å². The average Bonchev–Trinajstić information content (AvgIpc) is 2.39. The Labute approximate surface area is 116 Å². The number of nitrogens with one attached hydrogen (secondary N) is 1. The van der Waals surface area contributed by atoms with Crippen molar-refractivity contribution in [2.24, 2.45) is 0 Å². The number of nitriles is 1. The van der Waals surface area contributed by atoms with E-state index in [0.29, 0.717) is 0 Å². The maximum atomic E-state index is 12.2. The normalized spacial score (nSPS) is 14.6. The smallest absolute Gasteiger partial charge is 0.243 e. The third-order valence-electron chi connectivity index (χ3n) is 2.55. The van der Waals surface area contributed by atoms with Crippen LogP contribution in [0, 0.1) is 11.3 Å². The molecule has 0 aliphatic heterocycles. The van der Waals surface area contributed by atoms with E-state index in [2.05, 4.69) is 9.71 Å². The number of aromatic nitrogens is 1. The van der Waals surface area contributed by atoms with Crippen LogP contribution >= 0.6 is 11.8 Å². The van der Waals surface area contributed by atoms with Gasteiger partial charge in [-0.1, -0.05) is 0 Å². The number of nitrogens with zero attached hydrogens (tertiary/aromatic N) is 2. The van der Waals surface area contributed by atoms with Gasteiger partial charge >= 0.3 is 0 Å². The summed E-state index contributed by atoms with van der Waals surface area (Å²) in [5, 5.41) is 17.8. The molecule has 19 heavy (non-hydrogen) atoms. The highest BCUT2D eigenvalue weighted by atomic mass is 32.2. The molecule has 0 fully saturated rings. The highest BCUT2D eigenvalue weighted by Crippen LogP contribution is 2.16. The van der Waals surface area contributed by atoms with E-state index in [4.69, 9.17) is 10.4 Å². The number of aliphatic hydroxyl groups excluding tert-OH is 1. The molecule has 0 saturated heterocycles. The Hall–Kier alpha value is -1.14. The molecule has 0 spiro atoms. The Bertz CT molecular complexity index is 565. The lowest BCUT2D eigenvalue weighted by Gasteiger charge is -2.21. The summed E-state index contributed by atoms with van der Waals surface area (Å²) in [7, 11) is -3.83. The molecule has 0 saturated carbocycles. The van der Waals surface area contributed by atoms with Gasteiger partial charge in [0.05, 0.1) is 6.61 Å². The molecule has 1 rings (SSSR count). The van der Waals surface area contributed by atoms with Crippen LogP contribution in [0.2, 0.25) is 0 Å². The van der Waals surface area contributed by atoms with E-state index in [9.17, 15) is 8.42 Å². The molecule has 0 amide bonds. The molecule has 104 valence electrons. The average molecular weight is 301 g/mol. The number of sulfonamides is 1. The fourth-order valence-corrected chi connectivity index (χ4v) is 3.62. The maximum absolute atomic E-state index is 12.2. The van der Waals surface area contributed by atoms with E-state index >= 15 is 0 Å². The number of hydrogen-bond acceptors (Lipinski definition) is 6. The number of pyridine rings is 1. The zero-order valence-electron chi connectivity index (χ0n) is 10.6. The molecule has 0 radical (unpaired) electrons. The second-order valence-electron chi connectivity index (χ2n) is 3.83. The number of hydrogen-bond donors (Lipinski definition) is 2. The van der Waals surface area contributed by atoms with Gasteiger partial charge in [-0.05, 0) is 25.3 Å². The molecule has 0 aliphatic carbocycles. The highest BCUT2D eigenvalue weighted by Gasteiger charge is 2.25. The first kappa shape index (κ1) is 15.9. The summed E-state index contributed by atoms with van der Waals surface area (Å²) < 4.78 is 26.8. The van der Waals surface area contributed by atoms with Crippen molar-refractivity contribution >= 4 is 21.8 Å². The van der Waals surface area contributed by atoms with Crippen molar-refractivity contribution in [3.05, 3.63) is 24.0 Å². The van der Waals surface area contributed by atoms with Gasteiger partial charge in [-0.15, -0.1) is 0 Å². The monoisotopic (exact) mass is 301 g/mol. The van der Waals surface area contributed by atoms with Gasteiger partial charge in [0.2, 0.25) is 10.0 Å². The van der Waals surface area contributed by atoms with E-state index in [-0.39, 0.29) is 22.4 Å². The minimum Gasteiger partial charge on any atom is -0.395 e. The fraction of sp³-hybridized carbons (Fsp3) is 0.455. The van der Waals surface area contributed by atoms with Crippen LogP contribution in [-0.2, 0) is 10.0 Å². The van der Waals surface area contributed by atoms with Gasteiger partial charge in [0, 0.05) is 17.5 Å². The molecule has 0 bridgehead atoms. The summed E-state index contributed by atoms with van der Waals surface area (Å²) in [5.74, 6) is 0. The van der Waals surface area contributed by atoms with Gasteiger partial charge < -0.3 is 5.11 Å². The third-order valence-corrected chi connectivity index (χ3v) is 5.30. The molecular weight excluding hydrogens is 286 g/mol. The van der Waals surface area contributed by atoms with Crippen LogP contribution in [0.1, 0.15) is 12.6 Å². The summed E-state index contributed by atoms with van der Waals surface area (Å²) >= 11 is 1.37. The van der Waals surface area contributed by atoms with Crippen LogP contribution in [0.25, 0.3) is 0 Å². The van der Waals surface area contributed by atoms with Crippen LogP contribution in [0.5, 0.6) is 0 Å². The third kappa shape index (κ3) is 3.91. The van der Waals surface area contributed by atoms with Crippen LogP contribution < -0.4 is 4.72 Å². The molecule has 2 N–H and O–H groups in total. The van der Waals surface area contributed by atoms with Crippen molar-refractivity contribution in [3.63, 3.8) is 0 Å². The summed E-state index contributed by atoms with van der Waals surface area (Å²) in [6, 6.07) is 4.07. The van der Waals surface area contributed by atoms with Gasteiger partial charge in [0.1, 0.15) is 11.0 Å². The Morgan fingerprint density at radius 3 is 2.84 bits per heavy atom. The van der Waals surface area contributed by atoms with E-state index in [1.54, 1.807) is 19.2 Å². The van der Waals surface area contributed by atoms with Crippen molar-refractivity contribution in [1.82, 2.24) is 9.71 Å².